The second kappa shape index (κ2) is 9.46. The highest BCUT2D eigenvalue weighted by Crippen LogP contribution is 2.34. The van der Waals surface area contributed by atoms with Crippen LogP contribution < -0.4 is 0 Å². The van der Waals surface area contributed by atoms with Gasteiger partial charge in [0.25, 0.3) is 0 Å². The summed E-state index contributed by atoms with van der Waals surface area (Å²) >= 11 is 0. The SMILES string of the molecule is CCCC(O)(C(=O)OCC)C(O)(CC(=O)OCC)C(=O)OCC. The van der Waals surface area contributed by atoms with Gasteiger partial charge in [0.2, 0.25) is 11.2 Å². The number of carbonyl (C=O) groups is 3. The van der Waals surface area contributed by atoms with Gasteiger partial charge in [-0.1, -0.05) is 13.3 Å². The summed E-state index contributed by atoms with van der Waals surface area (Å²) in [4.78, 5) is 36.1. The molecule has 0 saturated heterocycles. The average Bonchev–Trinajstić information content (AvgIpc) is 2.47. The zero-order valence-electron chi connectivity index (χ0n) is 14.1. The van der Waals surface area contributed by atoms with Gasteiger partial charge in [0, 0.05) is 0 Å². The Kier molecular flexibility index (Phi) is 8.78. The first-order chi connectivity index (χ1) is 10.7. The quantitative estimate of drug-likeness (QED) is 0.433. The highest BCUT2D eigenvalue weighted by atomic mass is 16.6. The van der Waals surface area contributed by atoms with Crippen LogP contribution in [0.25, 0.3) is 0 Å². The topological polar surface area (TPSA) is 119 Å². The number of hydrogen-bond donors (Lipinski definition) is 2. The largest absolute Gasteiger partial charge is 0.466 e. The second-order valence-electron chi connectivity index (χ2n) is 4.89. The zero-order valence-corrected chi connectivity index (χ0v) is 14.1. The number of rotatable bonds is 10. The third-order valence-corrected chi connectivity index (χ3v) is 3.23. The van der Waals surface area contributed by atoms with E-state index in [1.165, 1.54) is 13.8 Å². The van der Waals surface area contributed by atoms with Crippen molar-refractivity contribution in [2.24, 2.45) is 0 Å². The van der Waals surface area contributed by atoms with Crippen molar-refractivity contribution < 1.29 is 38.8 Å². The second-order valence-corrected chi connectivity index (χ2v) is 4.89. The molecule has 0 saturated carbocycles. The Hall–Kier alpha value is -1.67. The number of carbonyl (C=O) groups excluding carboxylic acids is 3. The number of hydrogen-bond acceptors (Lipinski definition) is 8. The summed E-state index contributed by atoms with van der Waals surface area (Å²) in [6, 6.07) is 0. The van der Waals surface area contributed by atoms with Gasteiger partial charge in [0.1, 0.15) is 0 Å². The van der Waals surface area contributed by atoms with E-state index in [-0.39, 0.29) is 32.7 Å². The molecule has 0 fully saturated rings. The molecule has 0 aliphatic heterocycles. The van der Waals surface area contributed by atoms with Crippen molar-refractivity contribution in [3.05, 3.63) is 0 Å². The van der Waals surface area contributed by atoms with Gasteiger partial charge in [-0.2, -0.15) is 0 Å². The van der Waals surface area contributed by atoms with Gasteiger partial charge < -0.3 is 24.4 Å². The Morgan fingerprint density at radius 3 is 1.61 bits per heavy atom. The number of ether oxygens (including phenoxy) is 3. The van der Waals surface area contributed by atoms with E-state index in [0.717, 1.165) is 0 Å². The third-order valence-electron chi connectivity index (χ3n) is 3.23. The van der Waals surface area contributed by atoms with Gasteiger partial charge in [-0.05, 0) is 27.2 Å². The van der Waals surface area contributed by atoms with Crippen molar-refractivity contribution in [3.63, 3.8) is 0 Å². The van der Waals surface area contributed by atoms with Gasteiger partial charge >= 0.3 is 17.9 Å². The molecule has 134 valence electrons. The molecule has 0 aromatic carbocycles. The molecule has 0 heterocycles. The van der Waals surface area contributed by atoms with E-state index < -0.39 is 35.5 Å². The standard InChI is InChI=1S/C15H26O8/c1-5-9-14(19,12(17)22-7-3)15(20,13(18)23-8-4)10-11(16)21-6-2/h19-20H,5-10H2,1-4H3. The first-order valence-electron chi connectivity index (χ1n) is 7.68. The average molecular weight is 334 g/mol. The number of esters is 3. The van der Waals surface area contributed by atoms with Crippen LogP contribution in [0.2, 0.25) is 0 Å². The van der Waals surface area contributed by atoms with Crippen LogP contribution in [0, 0.1) is 0 Å². The summed E-state index contributed by atoms with van der Waals surface area (Å²) in [6.45, 7) is 6.04. The van der Waals surface area contributed by atoms with E-state index in [1.807, 2.05) is 0 Å². The fourth-order valence-corrected chi connectivity index (χ4v) is 2.15. The van der Waals surface area contributed by atoms with E-state index in [4.69, 9.17) is 14.2 Å². The van der Waals surface area contributed by atoms with E-state index in [9.17, 15) is 24.6 Å². The monoisotopic (exact) mass is 334 g/mol. The fraction of sp³-hybridized carbons (Fsp3) is 0.800. The summed E-state index contributed by atoms with van der Waals surface area (Å²) in [5.74, 6) is -3.42. The predicted molar refractivity (Wildman–Crippen MR) is 79.3 cm³/mol. The lowest BCUT2D eigenvalue weighted by Gasteiger charge is -2.38. The minimum atomic E-state index is -2.79. The molecule has 0 bridgehead atoms. The van der Waals surface area contributed by atoms with Crippen molar-refractivity contribution in [1.29, 1.82) is 0 Å². The molecule has 23 heavy (non-hydrogen) atoms. The van der Waals surface area contributed by atoms with Crippen LogP contribution in [0.5, 0.6) is 0 Å². The van der Waals surface area contributed by atoms with Gasteiger partial charge in [0.05, 0.1) is 26.2 Å². The van der Waals surface area contributed by atoms with Crippen LogP contribution in [-0.2, 0) is 28.6 Å². The van der Waals surface area contributed by atoms with Crippen LogP contribution >= 0.6 is 0 Å². The smallest absolute Gasteiger partial charge is 0.342 e. The fourth-order valence-electron chi connectivity index (χ4n) is 2.15. The highest BCUT2D eigenvalue weighted by molar-refractivity contribution is 5.95. The molecule has 0 amide bonds. The molecule has 0 aromatic rings. The molecule has 0 spiro atoms. The maximum atomic E-state index is 12.2. The van der Waals surface area contributed by atoms with Gasteiger partial charge in [0.15, 0.2) is 0 Å². The Bertz CT molecular complexity index is 422. The minimum Gasteiger partial charge on any atom is -0.466 e. The van der Waals surface area contributed by atoms with Crippen molar-refractivity contribution in [3.8, 4) is 0 Å². The molecule has 2 unspecified atom stereocenters. The molecule has 0 aliphatic carbocycles. The zero-order chi connectivity index (χ0) is 18.1. The van der Waals surface area contributed by atoms with Gasteiger partial charge in [-0.15, -0.1) is 0 Å². The molecule has 0 aromatic heterocycles. The molecular formula is C15H26O8. The van der Waals surface area contributed by atoms with Crippen molar-refractivity contribution in [2.45, 2.75) is 58.2 Å². The Balaban J connectivity index is 5.86. The molecule has 8 nitrogen and oxygen atoms in total. The minimum absolute atomic E-state index is 0.0172. The lowest BCUT2D eigenvalue weighted by molar-refractivity contribution is -0.218. The lowest BCUT2D eigenvalue weighted by Crippen LogP contribution is -2.65. The van der Waals surface area contributed by atoms with Crippen LogP contribution in [0.15, 0.2) is 0 Å². The van der Waals surface area contributed by atoms with Crippen LogP contribution in [0.3, 0.4) is 0 Å². The van der Waals surface area contributed by atoms with Crippen LogP contribution in [0.4, 0.5) is 0 Å². The maximum Gasteiger partial charge on any atom is 0.342 e. The summed E-state index contributed by atoms with van der Waals surface area (Å²) in [6.07, 6.45) is -0.963. The maximum absolute atomic E-state index is 12.2. The molecule has 2 N–H and O–H groups in total. The van der Waals surface area contributed by atoms with Crippen LogP contribution in [0.1, 0.15) is 47.0 Å². The molecular weight excluding hydrogens is 308 g/mol. The molecule has 2 atom stereocenters. The highest BCUT2D eigenvalue weighted by Gasteiger charge is 2.62. The summed E-state index contributed by atoms with van der Waals surface area (Å²) in [5, 5.41) is 21.4. The Morgan fingerprint density at radius 1 is 0.783 bits per heavy atom. The first kappa shape index (κ1) is 21.3. The summed E-state index contributed by atoms with van der Waals surface area (Å²) < 4.78 is 14.2. The third kappa shape index (κ3) is 4.90. The molecule has 0 rings (SSSR count). The van der Waals surface area contributed by atoms with Gasteiger partial charge in [-0.3, -0.25) is 4.79 Å². The van der Waals surface area contributed by atoms with Gasteiger partial charge in [-0.25, -0.2) is 9.59 Å². The van der Waals surface area contributed by atoms with E-state index in [0.29, 0.717) is 0 Å². The lowest BCUT2D eigenvalue weighted by atomic mass is 9.77. The molecule has 0 radical (unpaired) electrons. The Labute approximate surface area is 135 Å². The van der Waals surface area contributed by atoms with E-state index in [1.54, 1.807) is 13.8 Å². The summed E-state index contributed by atoms with van der Waals surface area (Å²) in [7, 11) is 0. The normalized spacial score (nSPS) is 15.9. The van der Waals surface area contributed by atoms with Crippen molar-refractivity contribution in [2.75, 3.05) is 19.8 Å². The summed E-state index contributed by atoms with van der Waals surface area (Å²) in [5.41, 5.74) is -5.41. The first-order valence-corrected chi connectivity index (χ1v) is 7.68. The van der Waals surface area contributed by atoms with E-state index in [2.05, 4.69) is 0 Å². The van der Waals surface area contributed by atoms with Crippen LogP contribution in [-0.4, -0.2) is 59.1 Å². The molecule has 0 aliphatic rings. The Morgan fingerprint density at radius 2 is 1.22 bits per heavy atom. The van der Waals surface area contributed by atoms with Crippen molar-refractivity contribution in [1.82, 2.24) is 0 Å². The van der Waals surface area contributed by atoms with Crippen molar-refractivity contribution >= 4 is 17.9 Å². The molecule has 8 heteroatoms. The van der Waals surface area contributed by atoms with E-state index >= 15 is 0 Å². The predicted octanol–water partition coefficient (Wildman–Crippen LogP) is 0.328. The number of aliphatic hydroxyl groups is 2.